The molecule has 2 heterocycles. The third kappa shape index (κ3) is 3.71. The van der Waals surface area contributed by atoms with Crippen molar-refractivity contribution in [2.24, 2.45) is 5.92 Å². The second-order valence-corrected chi connectivity index (χ2v) is 9.20. The van der Waals surface area contributed by atoms with Crippen LogP contribution < -0.4 is 0 Å². The molecular weight excluding hydrogens is 412 g/mol. The standard InChI is InChI=1S/C28H28N2O3/c1-3-19-7-6-10-21-20(15-24-27(32)22-8-4-5-9-23(22)28(24)33)16-30(26(19)21)17-25(31)29-13-11-18(2)12-14-29/h4-10,15-16,18H,3,11-14,17H2,1-2H3. The van der Waals surface area contributed by atoms with Crippen LogP contribution in [0.3, 0.4) is 0 Å². The summed E-state index contributed by atoms with van der Waals surface area (Å²) in [7, 11) is 0. The predicted molar refractivity (Wildman–Crippen MR) is 129 cm³/mol. The van der Waals surface area contributed by atoms with E-state index in [4.69, 9.17) is 0 Å². The highest BCUT2D eigenvalue weighted by Gasteiger charge is 2.33. The molecule has 0 spiro atoms. The number of hydrogen-bond donors (Lipinski definition) is 0. The number of Topliss-reactive ketones (excluding diaryl/α,β-unsaturated/α-hetero) is 2. The average molecular weight is 441 g/mol. The number of carbonyl (C=O) groups excluding carboxylic acids is 3. The molecule has 1 saturated heterocycles. The van der Waals surface area contributed by atoms with E-state index in [0.717, 1.165) is 54.4 Å². The molecule has 168 valence electrons. The Balaban J connectivity index is 1.55. The highest BCUT2D eigenvalue weighted by Crippen LogP contribution is 2.32. The Labute approximate surface area is 193 Å². The fourth-order valence-corrected chi connectivity index (χ4v) is 5.05. The topological polar surface area (TPSA) is 59.4 Å². The average Bonchev–Trinajstić information content (AvgIpc) is 3.30. The molecule has 5 nitrogen and oxygen atoms in total. The highest BCUT2D eigenvalue weighted by atomic mass is 16.2. The van der Waals surface area contributed by atoms with Gasteiger partial charge in [-0.3, -0.25) is 14.4 Å². The maximum absolute atomic E-state index is 13.1. The van der Waals surface area contributed by atoms with Crippen molar-refractivity contribution in [2.75, 3.05) is 13.1 Å². The highest BCUT2D eigenvalue weighted by molar-refractivity contribution is 6.41. The molecule has 2 aliphatic rings. The number of allylic oxidation sites excluding steroid dienone is 1. The van der Waals surface area contributed by atoms with Crippen LogP contribution >= 0.6 is 0 Å². The quantitative estimate of drug-likeness (QED) is 0.427. The molecule has 0 N–H and O–H groups in total. The lowest BCUT2D eigenvalue weighted by Gasteiger charge is -2.30. The lowest BCUT2D eigenvalue weighted by molar-refractivity contribution is -0.133. The first-order chi connectivity index (χ1) is 16.0. The first-order valence-electron chi connectivity index (χ1n) is 11.8. The van der Waals surface area contributed by atoms with Gasteiger partial charge in [-0.25, -0.2) is 0 Å². The van der Waals surface area contributed by atoms with Gasteiger partial charge in [0.25, 0.3) is 0 Å². The van der Waals surface area contributed by atoms with Crippen molar-refractivity contribution >= 4 is 34.5 Å². The van der Waals surface area contributed by atoms with Crippen LogP contribution in [-0.4, -0.2) is 40.0 Å². The molecule has 5 heteroatoms. The summed E-state index contributed by atoms with van der Waals surface area (Å²) in [5.74, 6) is 0.310. The van der Waals surface area contributed by atoms with Gasteiger partial charge in [0, 0.05) is 41.4 Å². The number of carbonyl (C=O) groups is 3. The number of fused-ring (bicyclic) bond motifs is 2. The number of amides is 1. The Morgan fingerprint density at radius 1 is 1.00 bits per heavy atom. The van der Waals surface area contributed by atoms with Gasteiger partial charge in [0.2, 0.25) is 5.91 Å². The second-order valence-electron chi connectivity index (χ2n) is 9.20. The number of aromatic nitrogens is 1. The molecule has 0 bridgehead atoms. The van der Waals surface area contributed by atoms with E-state index in [1.807, 2.05) is 27.8 Å². The molecule has 1 aromatic heterocycles. The Kier molecular flexibility index (Phi) is 5.49. The number of nitrogens with zero attached hydrogens (tertiary/aromatic N) is 2. The number of likely N-dealkylation sites (tertiary alicyclic amines) is 1. The first kappa shape index (κ1) is 21.4. The van der Waals surface area contributed by atoms with E-state index in [1.54, 1.807) is 30.3 Å². The molecule has 3 aromatic rings. The maximum atomic E-state index is 13.1. The van der Waals surface area contributed by atoms with Crippen molar-refractivity contribution in [3.05, 3.63) is 76.5 Å². The largest absolute Gasteiger partial charge is 0.341 e. The summed E-state index contributed by atoms with van der Waals surface area (Å²) in [6.07, 6.45) is 6.54. The molecule has 1 aliphatic carbocycles. The zero-order chi connectivity index (χ0) is 23.1. The number of para-hydroxylation sites is 1. The summed E-state index contributed by atoms with van der Waals surface area (Å²) in [6, 6.07) is 13.0. The fourth-order valence-electron chi connectivity index (χ4n) is 5.05. The van der Waals surface area contributed by atoms with E-state index in [0.29, 0.717) is 17.0 Å². The molecule has 0 unspecified atom stereocenters. The zero-order valence-electron chi connectivity index (χ0n) is 19.1. The van der Waals surface area contributed by atoms with Gasteiger partial charge in [0.1, 0.15) is 6.54 Å². The third-order valence-corrected chi connectivity index (χ3v) is 7.04. The van der Waals surface area contributed by atoms with E-state index in [-0.39, 0.29) is 29.6 Å². The van der Waals surface area contributed by atoms with Crippen molar-refractivity contribution in [1.82, 2.24) is 9.47 Å². The number of aryl methyl sites for hydroxylation is 1. The van der Waals surface area contributed by atoms with Gasteiger partial charge in [0.05, 0.1) is 11.1 Å². The zero-order valence-corrected chi connectivity index (χ0v) is 19.1. The molecule has 1 aliphatic heterocycles. The minimum atomic E-state index is -0.235. The number of rotatable bonds is 4. The van der Waals surface area contributed by atoms with Gasteiger partial charge in [-0.05, 0) is 36.8 Å². The van der Waals surface area contributed by atoms with Crippen LogP contribution in [0.4, 0.5) is 0 Å². The van der Waals surface area contributed by atoms with Gasteiger partial charge >= 0.3 is 0 Å². The Morgan fingerprint density at radius 2 is 1.67 bits per heavy atom. The van der Waals surface area contributed by atoms with Crippen molar-refractivity contribution in [3.8, 4) is 0 Å². The lowest BCUT2D eigenvalue weighted by atomic mass is 9.99. The summed E-state index contributed by atoms with van der Waals surface area (Å²) in [6.45, 7) is 6.19. The minimum Gasteiger partial charge on any atom is -0.341 e. The summed E-state index contributed by atoms with van der Waals surface area (Å²) >= 11 is 0. The van der Waals surface area contributed by atoms with Gasteiger partial charge < -0.3 is 9.47 Å². The van der Waals surface area contributed by atoms with Crippen LogP contribution in [0, 0.1) is 5.92 Å². The monoisotopic (exact) mass is 440 g/mol. The van der Waals surface area contributed by atoms with Crippen LogP contribution in [0.15, 0.2) is 54.2 Å². The van der Waals surface area contributed by atoms with E-state index < -0.39 is 0 Å². The van der Waals surface area contributed by atoms with Gasteiger partial charge in [0.15, 0.2) is 11.6 Å². The Morgan fingerprint density at radius 3 is 2.30 bits per heavy atom. The van der Waals surface area contributed by atoms with Crippen LogP contribution in [0.1, 0.15) is 58.5 Å². The summed E-state index contributed by atoms with van der Waals surface area (Å²) in [5.41, 5.74) is 4.05. The summed E-state index contributed by atoms with van der Waals surface area (Å²) in [4.78, 5) is 40.9. The molecule has 0 radical (unpaired) electrons. The molecule has 5 rings (SSSR count). The van der Waals surface area contributed by atoms with Crippen LogP contribution in [0.2, 0.25) is 0 Å². The van der Waals surface area contributed by atoms with Crippen molar-refractivity contribution in [2.45, 2.75) is 39.7 Å². The normalized spacial score (nSPS) is 16.5. The van der Waals surface area contributed by atoms with Crippen LogP contribution in [0.25, 0.3) is 17.0 Å². The molecular formula is C28H28N2O3. The number of benzene rings is 2. The van der Waals surface area contributed by atoms with Crippen molar-refractivity contribution < 1.29 is 14.4 Å². The van der Waals surface area contributed by atoms with Gasteiger partial charge in [-0.15, -0.1) is 0 Å². The Hall–Kier alpha value is -3.47. The smallest absolute Gasteiger partial charge is 0.242 e. The van der Waals surface area contributed by atoms with E-state index >= 15 is 0 Å². The predicted octanol–water partition coefficient (Wildman–Crippen LogP) is 4.92. The van der Waals surface area contributed by atoms with Crippen LogP contribution in [-0.2, 0) is 17.8 Å². The minimum absolute atomic E-state index is 0.115. The summed E-state index contributed by atoms with van der Waals surface area (Å²) < 4.78 is 2.00. The molecule has 0 saturated carbocycles. The molecule has 1 fully saturated rings. The van der Waals surface area contributed by atoms with E-state index in [2.05, 4.69) is 19.9 Å². The number of hydrogen-bond acceptors (Lipinski definition) is 3. The molecule has 0 atom stereocenters. The second kappa shape index (κ2) is 8.47. The van der Waals surface area contributed by atoms with E-state index in [1.165, 1.54) is 0 Å². The SMILES string of the molecule is CCc1cccc2c(C=C3C(=O)c4ccccc4C3=O)cn(CC(=O)N3CCC(C)CC3)c12. The molecule has 33 heavy (non-hydrogen) atoms. The van der Waals surface area contributed by atoms with Gasteiger partial charge in [-0.1, -0.05) is 56.3 Å². The summed E-state index contributed by atoms with van der Waals surface area (Å²) in [5, 5.41) is 0.957. The van der Waals surface area contributed by atoms with Crippen molar-refractivity contribution in [3.63, 3.8) is 0 Å². The van der Waals surface area contributed by atoms with Crippen molar-refractivity contribution in [1.29, 1.82) is 0 Å². The number of ketones is 2. The third-order valence-electron chi connectivity index (χ3n) is 7.04. The van der Waals surface area contributed by atoms with Gasteiger partial charge in [-0.2, -0.15) is 0 Å². The first-order valence-corrected chi connectivity index (χ1v) is 11.8. The number of piperidine rings is 1. The molecule has 2 aromatic carbocycles. The lowest BCUT2D eigenvalue weighted by Crippen LogP contribution is -2.39. The van der Waals surface area contributed by atoms with E-state index in [9.17, 15) is 14.4 Å². The molecule has 1 amide bonds. The fraction of sp³-hybridized carbons (Fsp3) is 0.321. The maximum Gasteiger partial charge on any atom is 0.242 e. The van der Waals surface area contributed by atoms with Crippen LogP contribution in [0.5, 0.6) is 0 Å². The Bertz CT molecular complexity index is 1270.